The summed E-state index contributed by atoms with van der Waals surface area (Å²) in [6.45, 7) is 0. The minimum absolute atomic E-state index is 0.0516. The number of hydrogen-bond donors (Lipinski definition) is 2. The van der Waals surface area contributed by atoms with Crippen molar-refractivity contribution in [2.24, 2.45) is 0 Å². The van der Waals surface area contributed by atoms with Gasteiger partial charge < -0.3 is 10.6 Å². The van der Waals surface area contributed by atoms with E-state index in [0.29, 0.717) is 27.5 Å². The molecule has 1 aliphatic rings. The first-order valence-electron chi connectivity index (χ1n) is 12.7. The van der Waals surface area contributed by atoms with Crippen LogP contribution >= 0.6 is 23.4 Å². The lowest BCUT2D eigenvalue weighted by Crippen LogP contribution is -2.31. The van der Waals surface area contributed by atoms with Gasteiger partial charge in [-0.2, -0.15) is 0 Å². The van der Waals surface area contributed by atoms with Crippen LogP contribution in [0.4, 0.5) is 11.4 Å². The maximum Gasteiger partial charge on any atom is 0.272 e. The second-order valence-electron chi connectivity index (χ2n) is 9.12. The lowest BCUT2D eigenvalue weighted by atomic mass is 10.1. The average molecular weight is 582 g/mol. The molecule has 0 aromatic heterocycles. The topological polar surface area (TPSA) is 95.6 Å². The van der Waals surface area contributed by atoms with Crippen molar-refractivity contribution in [1.29, 1.82) is 0 Å². The van der Waals surface area contributed by atoms with Gasteiger partial charge in [0.1, 0.15) is 5.70 Å². The Kier molecular flexibility index (Phi) is 8.62. The van der Waals surface area contributed by atoms with Crippen molar-refractivity contribution >= 4 is 64.4 Å². The van der Waals surface area contributed by atoms with Crippen LogP contribution in [0.5, 0.6) is 0 Å². The van der Waals surface area contributed by atoms with E-state index in [-0.39, 0.29) is 23.9 Å². The molecular weight excluding hydrogens is 558 g/mol. The summed E-state index contributed by atoms with van der Waals surface area (Å²) in [5.74, 6) is -1.43. The van der Waals surface area contributed by atoms with E-state index >= 15 is 0 Å². The first-order valence-corrected chi connectivity index (χ1v) is 14.0. The molecule has 1 heterocycles. The largest absolute Gasteiger partial charge is 0.321 e. The summed E-state index contributed by atoms with van der Waals surface area (Å²) in [7, 11) is 0. The van der Waals surface area contributed by atoms with E-state index in [4.69, 9.17) is 11.6 Å². The van der Waals surface area contributed by atoms with Crippen molar-refractivity contribution in [3.05, 3.63) is 131 Å². The van der Waals surface area contributed by atoms with E-state index < -0.39 is 17.1 Å². The molecule has 1 atom stereocenters. The summed E-state index contributed by atoms with van der Waals surface area (Å²) >= 11 is 7.29. The fraction of sp³-hybridized carbons (Fsp3) is 0.0625. The number of halogens is 1. The quantitative estimate of drug-likeness (QED) is 0.191. The maximum absolute atomic E-state index is 13.3. The van der Waals surface area contributed by atoms with Crippen molar-refractivity contribution in [2.75, 3.05) is 10.2 Å². The zero-order valence-electron chi connectivity index (χ0n) is 21.6. The molecule has 1 aliphatic heterocycles. The number of nitrogens with one attached hydrogen (secondary N) is 2. The van der Waals surface area contributed by atoms with Crippen LogP contribution in [0.2, 0.25) is 5.02 Å². The molecule has 5 rings (SSSR count). The van der Waals surface area contributed by atoms with Crippen LogP contribution in [0.25, 0.3) is 6.08 Å². The summed E-state index contributed by atoms with van der Waals surface area (Å²) in [5, 5.41) is 5.53. The molecule has 4 amide bonds. The third-order valence-corrected chi connectivity index (χ3v) is 7.67. The first kappa shape index (κ1) is 27.9. The lowest BCUT2D eigenvalue weighted by Gasteiger charge is -2.15. The summed E-state index contributed by atoms with van der Waals surface area (Å²) in [6.07, 6.45) is 1.68. The number of nitrogens with zero attached hydrogens (tertiary/aromatic N) is 1. The number of carbonyl (C=O) groups excluding carboxylic acids is 4. The highest BCUT2D eigenvalue weighted by Crippen LogP contribution is 2.34. The molecule has 0 spiro atoms. The second kappa shape index (κ2) is 12.7. The van der Waals surface area contributed by atoms with Crippen molar-refractivity contribution in [3.63, 3.8) is 0 Å². The monoisotopic (exact) mass is 581 g/mol. The van der Waals surface area contributed by atoms with Gasteiger partial charge in [-0.15, -0.1) is 11.8 Å². The molecule has 0 aliphatic carbocycles. The molecule has 9 heteroatoms. The van der Waals surface area contributed by atoms with E-state index in [1.54, 1.807) is 109 Å². The van der Waals surface area contributed by atoms with Crippen LogP contribution in [0.3, 0.4) is 0 Å². The van der Waals surface area contributed by atoms with E-state index in [2.05, 4.69) is 10.6 Å². The molecule has 0 radical (unpaired) electrons. The Balaban J connectivity index is 1.28. The van der Waals surface area contributed by atoms with Crippen LogP contribution in [0, 0.1) is 0 Å². The van der Waals surface area contributed by atoms with Crippen LogP contribution in [0.1, 0.15) is 22.3 Å². The molecule has 1 unspecified atom stereocenters. The summed E-state index contributed by atoms with van der Waals surface area (Å²) in [4.78, 5) is 53.6. The SMILES string of the molecule is O=C(Nc1ccc(SC2CC(=O)N(c3ccccc3)C2=O)cc1)/C(=C/c1ccc(Cl)cc1)NC(=O)c1ccccc1. The highest BCUT2D eigenvalue weighted by molar-refractivity contribution is 8.00. The third-order valence-electron chi connectivity index (χ3n) is 6.22. The van der Waals surface area contributed by atoms with Gasteiger partial charge in [0.2, 0.25) is 11.8 Å². The fourth-order valence-corrected chi connectivity index (χ4v) is 5.37. The minimum Gasteiger partial charge on any atom is -0.321 e. The normalized spacial score (nSPS) is 15.1. The van der Waals surface area contributed by atoms with Gasteiger partial charge in [-0.3, -0.25) is 19.2 Å². The minimum atomic E-state index is -0.537. The Bertz CT molecular complexity index is 1610. The molecule has 41 heavy (non-hydrogen) atoms. The van der Waals surface area contributed by atoms with Crippen LogP contribution in [-0.4, -0.2) is 28.9 Å². The molecule has 4 aromatic carbocycles. The van der Waals surface area contributed by atoms with Crippen molar-refractivity contribution < 1.29 is 19.2 Å². The second-order valence-corrected chi connectivity index (χ2v) is 10.8. The summed E-state index contributed by atoms with van der Waals surface area (Å²) < 4.78 is 0. The zero-order valence-corrected chi connectivity index (χ0v) is 23.2. The van der Waals surface area contributed by atoms with Crippen molar-refractivity contribution in [3.8, 4) is 0 Å². The Hall–Kier alpha value is -4.66. The predicted octanol–water partition coefficient (Wildman–Crippen LogP) is 6.17. The average Bonchev–Trinajstić information content (AvgIpc) is 3.27. The summed E-state index contributed by atoms with van der Waals surface area (Å²) in [6, 6.07) is 31.3. The van der Waals surface area contributed by atoms with Gasteiger partial charge >= 0.3 is 0 Å². The Labute approximate surface area is 246 Å². The number of anilines is 2. The van der Waals surface area contributed by atoms with Crippen LogP contribution < -0.4 is 15.5 Å². The Morgan fingerprint density at radius 3 is 2.12 bits per heavy atom. The molecule has 0 saturated carbocycles. The van der Waals surface area contributed by atoms with Gasteiger partial charge in [0, 0.05) is 27.6 Å². The fourth-order valence-electron chi connectivity index (χ4n) is 4.19. The molecule has 1 saturated heterocycles. The van der Waals surface area contributed by atoms with E-state index in [9.17, 15) is 19.2 Å². The zero-order chi connectivity index (χ0) is 28.8. The number of para-hydroxylation sites is 1. The molecule has 0 bridgehead atoms. The number of amides is 4. The number of carbonyl (C=O) groups is 4. The van der Waals surface area contributed by atoms with E-state index in [1.807, 2.05) is 6.07 Å². The van der Waals surface area contributed by atoms with E-state index in [0.717, 1.165) is 4.90 Å². The highest BCUT2D eigenvalue weighted by Gasteiger charge is 2.40. The van der Waals surface area contributed by atoms with Gasteiger partial charge in [-0.1, -0.05) is 60.1 Å². The molecule has 4 aromatic rings. The third kappa shape index (κ3) is 6.92. The Morgan fingerprint density at radius 2 is 1.46 bits per heavy atom. The molecule has 204 valence electrons. The molecule has 2 N–H and O–H groups in total. The molecular formula is C32H24ClN3O4S. The number of benzene rings is 4. The van der Waals surface area contributed by atoms with Crippen molar-refractivity contribution in [1.82, 2.24) is 5.32 Å². The van der Waals surface area contributed by atoms with Gasteiger partial charge in [0.25, 0.3) is 11.8 Å². The summed E-state index contributed by atoms with van der Waals surface area (Å²) in [5.41, 5.74) is 2.20. The molecule has 1 fully saturated rings. The number of hydrogen-bond acceptors (Lipinski definition) is 5. The standard InChI is InChI=1S/C32H24ClN3O4S/c33-23-13-11-21(12-14-23)19-27(35-30(38)22-7-3-1-4-8-22)31(39)34-24-15-17-26(18-16-24)41-28-20-29(37)36(32(28)40)25-9-5-2-6-10-25/h1-19,28H,20H2,(H,34,39)(H,35,38)/b27-19-. The maximum atomic E-state index is 13.3. The van der Waals surface area contributed by atoms with Gasteiger partial charge in [-0.05, 0) is 72.3 Å². The number of imide groups is 1. The smallest absolute Gasteiger partial charge is 0.272 e. The van der Waals surface area contributed by atoms with E-state index in [1.165, 1.54) is 16.7 Å². The van der Waals surface area contributed by atoms with Crippen LogP contribution in [0.15, 0.2) is 120 Å². The number of rotatable bonds is 8. The highest BCUT2D eigenvalue weighted by atomic mass is 35.5. The lowest BCUT2D eigenvalue weighted by molar-refractivity contribution is -0.121. The predicted molar refractivity (Wildman–Crippen MR) is 162 cm³/mol. The van der Waals surface area contributed by atoms with Gasteiger partial charge in [0.15, 0.2) is 0 Å². The first-order chi connectivity index (χ1) is 19.9. The molecule has 7 nitrogen and oxygen atoms in total. The van der Waals surface area contributed by atoms with Crippen molar-refractivity contribution in [2.45, 2.75) is 16.6 Å². The van der Waals surface area contributed by atoms with Gasteiger partial charge in [0.05, 0.1) is 10.9 Å². The number of thioether (sulfide) groups is 1. The Morgan fingerprint density at radius 1 is 0.829 bits per heavy atom. The van der Waals surface area contributed by atoms with Crippen LogP contribution in [-0.2, 0) is 14.4 Å². The van der Waals surface area contributed by atoms with Gasteiger partial charge in [-0.25, -0.2) is 4.90 Å².